The molecule has 0 aliphatic rings. The Balaban J connectivity index is 1.46. The lowest BCUT2D eigenvalue weighted by molar-refractivity contribution is -0.118. The number of anilines is 1. The van der Waals surface area contributed by atoms with Crippen molar-refractivity contribution in [2.75, 3.05) is 5.32 Å². The second-order valence-electron chi connectivity index (χ2n) is 7.11. The van der Waals surface area contributed by atoms with E-state index in [-0.39, 0.29) is 16.2 Å². The highest BCUT2D eigenvalue weighted by atomic mass is 32.1. The molecule has 4 aromatic rings. The summed E-state index contributed by atoms with van der Waals surface area (Å²) in [7, 11) is 0. The number of amides is 1. The van der Waals surface area contributed by atoms with Gasteiger partial charge < -0.3 is 15.0 Å². The van der Waals surface area contributed by atoms with Crippen LogP contribution < -0.4 is 15.6 Å². The van der Waals surface area contributed by atoms with Crippen LogP contribution in [0.1, 0.15) is 18.5 Å². The van der Waals surface area contributed by atoms with E-state index in [0.717, 1.165) is 5.56 Å². The van der Waals surface area contributed by atoms with Gasteiger partial charge in [0, 0.05) is 5.69 Å². The number of carbonyl (C=O) groups excluding carboxylic acids is 1. The number of H-pyrrole nitrogens is 1. The van der Waals surface area contributed by atoms with E-state index in [2.05, 4.69) is 10.3 Å². The summed E-state index contributed by atoms with van der Waals surface area (Å²) in [6, 6.07) is 23.3. The van der Waals surface area contributed by atoms with Crippen LogP contribution >= 0.6 is 12.2 Å². The first-order valence-corrected chi connectivity index (χ1v) is 10.2. The van der Waals surface area contributed by atoms with Crippen molar-refractivity contribution in [2.24, 2.45) is 0 Å². The van der Waals surface area contributed by atoms with Crippen LogP contribution in [0.2, 0.25) is 0 Å². The third-order valence-corrected chi connectivity index (χ3v) is 5.27. The summed E-state index contributed by atoms with van der Waals surface area (Å²) < 4.78 is 7.27. The minimum atomic E-state index is -0.783. The second-order valence-corrected chi connectivity index (χ2v) is 7.50. The van der Waals surface area contributed by atoms with Gasteiger partial charge in [0.25, 0.3) is 5.56 Å². The van der Waals surface area contributed by atoms with Gasteiger partial charge in [-0.25, -0.2) is 0 Å². The Kier molecular flexibility index (Phi) is 5.95. The van der Waals surface area contributed by atoms with E-state index in [1.165, 1.54) is 4.57 Å². The molecule has 0 spiro atoms. The maximum absolute atomic E-state index is 12.9. The van der Waals surface area contributed by atoms with Crippen molar-refractivity contribution in [3.8, 4) is 5.75 Å². The molecule has 1 atom stereocenters. The number of carbonyl (C=O) groups is 1. The van der Waals surface area contributed by atoms with Crippen LogP contribution in [0, 0.1) is 4.77 Å². The lowest BCUT2D eigenvalue weighted by Gasteiger charge is -2.16. The highest BCUT2D eigenvalue weighted by Crippen LogP contribution is 2.19. The summed E-state index contributed by atoms with van der Waals surface area (Å²) in [6.45, 7) is 2.11. The Labute approximate surface area is 184 Å². The third kappa shape index (κ3) is 4.57. The Bertz CT molecular complexity index is 1330. The van der Waals surface area contributed by atoms with Crippen LogP contribution in [0.5, 0.6) is 5.75 Å². The monoisotopic (exact) mass is 431 g/mol. The van der Waals surface area contributed by atoms with Gasteiger partial charge in [0.1, 0.15) is 18.4 Å². The quantitative estimate of drug-likeness (QED) is 0.429. The molecule has 2 N–H and O–H groups in total. The molecule has 0 fully saturated rings. The van der Waals surface area contributed by atoms with Crippen molar-refractivity contribution in [3.05, 3.63) is 99.6 Å². The number of ether oxygens (including phenoxy) is 1. The number of rotatable bonds is 6. The molecule has 0 saturated heterocycles. The number of aromatic amines is 1. The van der Waals surface area contributed by atoms with E-state index in [0.29, 0.717) is 28.9 Å². The molecular formula is C24H21N3O3S. The molecule has 1 amide bonds. The van der Waals surface area contributed by atoms with Gasteiger partial charge in [0.05, 0.1) is 10.9 Å². The number of para-hydroxylation sites is 1. The molecule has 31 heavy (non-hydrogen) atoms. The van der Waals surface area contributed by atoms with E-state index in [1.807, 2.05) is 36.4 Å². The molecule has 0 radical (unpaired) electrons. The van der Waals surface area contributed by atoms with Crippen molar-refractivity contribution >= 4 is 34.7 Å². The SMILES string of the molecule is CC(C(=O)Nc1ccc(OCc2ccccc2)cc1)n1c(=S)[nH]c2ccccc2c1=O. The van der Waals surface area contributed by atoms with Crippen molar-refractivity contribution in [1.82, 2.24) is 9.55 Å². The number of hydrogen-bond acceptors (Lipinski definition) is 4. The van der Waals surface area contributed by atoms with E-state index in [4.69, 9.17) is 17.0 Å². The van der Waals surface area contributed by atoms with Gasteiger partial charge in [-0.1, -0.05) is 42.5 Å². The van der Waals surface area contributed by atoms with Gasteiger partial charge in [-0.15, -0.1) is 0 Å². The molecule has 7 heteroatoms. The second kappa shape index (κ2) is 8.97. The van der Waals surface area contributed by atoms with Crippen molar-refractivity contribution < 1.29 is 9.53 Å². The topological polar surface area (TPSA) is 76.1 Å². The van der Waals surface area contributed by atoms with Crippen molar-refractivity contribution in [3.63, 3.8) is 0 Å². The lowest BCUT2D eigenvalue weighted by atomic mass is 10.2. The number of fused-ring (bicyclic) bond motifs is 1. The summed E-state index contributed by atoms with van der Waals surface area (Å²) >= 11 is 5.32. The minimum Gasteiger partial charge on any atom is -0.489 e. The first-order valence-electron chi connectivity index (χ1n) is 9.84. The fourth-order valence-electron chi connectivity index (χ4n) is 3.27. The zero-order valence-electron chi connectivity index (χ0n) is 16.9. The summed E-state index contributed by atoms with van der Waals surface area (Å²) in [5.41, 5.74) is 2.03. The first-order chi connectivity index (χ1) is 15.0. The third-order valence-electron chi connectivity index (χ3n) is 4.97. The van der Waals surface area contributed by atoms with Crippen LogP contribution in [0.15, 0.2) is 83.7 Å². The molecule has 4 rings (SSSR count). The predicted molar refractivity (Wildman–Crippen MR) is 124 cm³/mol. The van der Waals surface area contributed by atoms with Crippen molar-refractivity contribution in [2.45, 2.75) is 19.6 Å². The summed E-state index contributed by atoms with van der Waals surface area (Å²) in [5, 5.41) is 3.31. The van der Waals surface area contributed by atoms with Gasteiger partial charge in [0.2, 0.25) is 5.91 Å². The Morgan fingerprint density at radius 3 is 2.45 bits per heavy atom. The molecule has 1 heterocycles. The minimum absolute atomic E-state index is 0.205. The van der Waals surface area contributed by atoms with Gasteiger partial charge in [-0.3, -0.25) is 14.2 Å². The molecule has 0 saturated carbocycles. The maximum atomic E-state index is 12.9. The molecule has 6 nitrogen and oxygen atoms in total. The molecule has 0 bridgehead atoms. The van der Waals surface area contributed by atoms with Crippen LogP contribution in [-0.4, -0.2) is 15.5 Å². The average Bonchev–Trinajstić information content (AvgIpc) is 2.79. The molecule has 1 unspecified atom stereocenters. The van der Waals surface area contributed by atoms with Gasteiger partial charge in [-0.2, -0.15) is 0 Å². The van der Waals surface area contributed by atoms with E-state index in [9.17, 15) is 9.59 Å². The Morgan fingerprint density at radius 1 is 1.03 bits per heavy atom. The van der Waals surface area contributed by atoms with Crippen LogP contribution in [0.4, 0.5) is 5.69 Å². The van der Waals surface area contributed by atoms with Crippen LogP contribution in [-0.2, 0) is 11.4 Å². The van der Waals surface area contributed by atoms with E-state index < -0.39 is 6.04 Å². The zero-order chi connectivity index (χ0) is 21.8. The zero-order valence-corrected chi connectivity index (χ0v) is 17.7. The first kappa shape index (κ1) is 20.6. The van der Waals surface area contributed by atoms with E-state index in [1.54, 1.807) is 49.4 Å². The van der Waals surface area contributed by atoms with Gasteiger partial charge in [-0.05, 0) is 61.1 Å². The lowest BCUT2D eigenvalue weighted by Crippen LogP contribution is -2.32. The number of aromatic nitrogens is 2. The smallest absolute Gasteiger partial charge is 0.262 e. The summed E-state index contributed by atoms with van der Waals surface area (Å²) in [5.74, 6) is 0.359. The molecule has 1 aromatic heterocycles. The molecular weight excluding hydrogens is 410 g/mol. The summed E-state index contributed by atoms with van der Waals surface area (Å²) in [6.07, 6.45) is 0. The number of nitrogens with one attached hydrogen (secondary N) is 2. The molecule has 0 aliphatic heterocycles. The normalized spacial score (nSPS) is 11.8. The fraction of sp³-hybridized carbons (Fsp3) is 0.125. The highest BCUT2D eigenvalue weighted by molar-refractivity contribution is 7.71. The van der Waals surface area contributed by atoms with Gasteiger partial charge in [0.15, 0.2) is 4.77 Å². The van der Waals surface area contributed by atoms with Crippen LogP contribution in [0.3, 0.4) is 0 Å². The average molecular weight is 432 g/mol. The largest absolute Gasteiger partial charge is 0.489 e. The number of hydrogen-bond donors (Lipinski definition) is 2. The Hall–Kier alpha value is -3.71. The molecule has 3 aromatic carbocycles. The molecule has 0 aliphatic carbocycles. The maximum Gasteiger partial charge on any atom is 0.262 e. The molecule has 156 valence electrons. The summed E-state index contributed by atoms with van der Waals surface area (Å²) in [4.78, 5) is 28.7. The van der Waals surface area contributed by atoms with Crippen LogP contribution in [0.25, 0.3) is 10.9 Å². The number of benzene rings is 3. The number of nitrogens with zero attached hydrogens (tertiary/aromatic N) is 1. The van der Waals surface area contributed by atoms with E-state index >= 15 is 0 Å². The van der Waals surface area contributed by atoms with Crippen molar-refractivity contribution in [1.29, 1.82) is 0 Å². The fourth-order valence-corrected chi connectivity index (χ4v) is 3.62. The highest BCUT2D eigenvalue weighted by Gasteiger charge is 2.19. The predicted octanol–water partition coefficient (Wildman–Crippen LogP) is 4.84. The standard InChI is InChI=1S/C24H21N3O3S/c1-16(27-23(29)20-9-5-6-10-21(20)26-24(27)31)22(28)25-18-11-13-19(14-12-18)30-15-17-7-3-2-4-8-17/h2-14,16H,15H2,1H3,(H,25,28)(H,26,31). The van der Waals surface area contributed by atoms with Gasteiger partial charge >= 0.3 is 0 Å². The Morgan fingerprint density at radius 2 is 1.71 bits per heavy atom.